The summed E-state index contributed by atoms with van der Waals surface area (Å²) in [7, 11) is -3.68. The first-order valence-electron chi connectivity index (χ1n) is 11.4. The molecule has 0 unspecified atom stereocenters. The quantitative estimate of drug-likeness (QED) is 0.364. The predicted octanol–water partition coefficient (Wildman–Crippen LogP) is 3.67. The van der Waals surface area contributed by atoms with E-state index in [0.29, 0.717) is 24.5 Å². The first-order chi connectivity index (χ1) is 16.3. The second-order valence-corrected chi connectivity index (χ2v) is 9.90. The van der Waals surface area contributed by atoms with Crippen LogP contribution in [0.15, 0.2) is 47.4 Å². The van der Waals surface area contributed by atoms with E-state index in [1.165, 1.54) is 16.4 Å². The lowest BCUT2D eigenvalue weighted by atomic mass is 10.2. The number of nitro benzene ring substituents is 1. The molecule has 0 saturated carbocycles. The molecule has 1 aliphatic rings. The van der Waals surface area contributed by atoms with Crippen LogP contribution >= 0.6 is 0 Å². The Kier molecular flexibility index (Phi) is 8.46. The van der Waals surface area contributed by atoms with Gasteiger partial charge in [0.25, 0.3) is 5.69 Å². The number of carbonyl (C=O) groups excluding carboxylic acids is 1. The molecular weight excluding hydrogens is 458 g/mol. The lowest BCUT2D eigenvalue weighted by Crippen LogP contribution is -2.31. The van der Waals surface area contributed by atoms with E-state index in [4.69, 9.17) is 0 Å². The summed E-state index contributed by atoms with van der Waals surface area (Å²) < 4.78 is 27.4. The molecule has 1 saturated heterocycles. The van der Waals surface area contributed by atoms with E-state index < -0.39 is 14.9 Å². The Bertz CT molecular complexity index is 1130. The van der Waals surface area contributed by atoms with Crippen molar-refractivity contribution in [3.8, 4) is 0 Å². The average Bonchev–Trinajstić information content (AvgIpc) is 3.34. The summed E-state index contributed by atoms with van der Waals surface area (Å²) in [6.45, 7) is 6.14. The highest BCUT2D eigenvalue weighted by Gasteiger charge is 2.25. The molecule has 1 aliphatic heterocycles. The van der Waals surface area contributed by atoms with E-state index in [1.54, 1.807) is 44.2 Å². The second kappa shape index (κ2) is 11.3. The van der Waals surface area contributed by atoms with Gasteiger partial charge in [0.05, 0.1) is 21.2 Å². The fourth-order valence-corrected chi connectivity index (χ4v) is 5.51. The Morgan fingerprint density at radius 1 is 1.09 bits per heavy atom. The fraction of sp³-hybridized carbons (Fsp3) is 0.435. The Morgan fingerprint density at radius 3 is 2.41 bits per heavy atom. The van der Waals surface area contributed by atoms with E-state index in [9.17, 15) is 23.3 Å². The standard InChI is InChI=1S/C23H31N5O5S/c1-3-27(4-2)34(32,33)18-11-12-21(26-15-7-8-16-26)20(17-18)25-23(29)13-14-24-19-9-5-6-10-22(19)28(30)31/h5-6,9-12,17,24H,3-4,7-8,13-16H2,1-2H3,(H,25,29). The number of nitrogens with zero attached hydrogens (tertiary/aromatic N) is 3. The maximum atomic E-state index is 13.0. The zero-order chi connectivity index (χ0) is 24.7. The third-order valence-electron chi connectivity index (χ3n) is 5.80. The topological polar surface area (TPSA) is 125 Å². The molecule has 1 amide bonds. The summed E-state index contributed by atoms with van der Waals surface area (Å²) in [6, 6.07) is 11.1. The summed E-state index contributed by atoms with van der Waals surface area (Å²) in [4.78, 5) is 25.7. The Balaban J connectivity index is 1.77. The third-order valence-corrected chi connectivity index (χ3v) is 7.85. The van der Waals surface area contributed by atoms with Gasteiger partial charge in [-0.05, 0) is 37.1 Å². The molecule has 11 heteroatoms. The maximum Gasteiger partial charge on any atom is 0.292 e. The van der Waals surface area contributed by atoms with Crippen molar-refractivity contribution >= 4 is 38.7 Å². The molecule has 0 aliphatic carbocycles. The molecule has 10 nitrogen and oxygen atoms in total. The monoisotopic (exact) mass is 489 g/mol. The van der Waals surface area contributed by atoms with Gasteiger partial charge < -0.3 is 15.5 Å². The molecule has 0 atom stereocenters. The largest absolute Gasteiger partial charge is 0.379 e. The molecule has 0 aromatic heterocycles. The Hall–Kier alpha value is -3.18. The highest BCUT2D eigenvalue weighted by atomic mass is 32.2. The van der Waals surface area contributed by atoms with Crippen LogP contribution in [0.3, 0.4) is 0 Å². The van der Waals surface area contributed by atoms with E-state index in [2.05, 4.69) is 15.5 Å². The van der Waals surface area contributed by atoms with Crippen molar-refractivity contribution in [2.75, 3.05) is 48.3 Å². The van der Waals surface area contributed by atoms with Crippen LogP contribution in [-0.4, -0.2) is 56.3 Å². The van der Waals surface area contributed by atoms with Gasteiger partial charge >= 0.3 is 0 Å². The number of amides is 1. The van der Waals surface area contributed by atoms with Crippen molar-refractivity contribution in [2.45, 2.75) is 38.0 Å². The molecule has 1 fully saturated rings. The van der Waals surface area contributed by atoms with E-state index in [-0.39, 0.29) is 29.5 Å². The highest BCUT2D eigenvalue weighted by Crippen LogP contribution is 2.32. The number of sulfonamides is 1. The summed E-state index contributed by atoms with van der Waals surface area (Å²) in [6.07, 6.45) is 2.12. The number of hydrogen-bond donors (Lipinski definition) is 2. The molecule has 1 heterocycles. The van der Waals surface area contributed by atoms with E-state index in [0.717, 1.165) is 31.6 Å². The van der Waals surface area contributed by atoms with Gasteiger partial charge in [-0.3, -0.25) is 14.9 Å². The smallest absolute Gasteiger partial charge is 0.292 e. The van der Waals surface area contributed by atoms with Crippen LogP contribution in [0.4, 0.5) is 22.7 Å². The zero-order valence-corrected chi connectivity index (χ0v) is 20.3. The van der Waals surface area contributed by atoms with Crippen molar-refractivity contribution in [3.05, 3.63) is 52.6 Å². The number of para-hydroxylation sites is 2. The average molecular weight is 490 g/mol. The minimum absolute atomic E-state index is 0.0541. The zero-order valence-electron chi connectivity index (χ0n) is 19.5. The number of nitro groups is 1. The summed E-state index contributed by atoms with van der Waals surface area (Å²) in [5.74, 6) is -0.316. The minimum atomic E-state index is -3.68. The van der Waals surface area contributed by atoms with Gasteiger partial charge in [0.15, 0.2) is 0 Å². The maximum absolute atomic E-state index is 13.0. The van der Waals surface area contributed by atoms with Crippen LogP contribution in [0.5, 0.6) is 0 Å². The summed E-state index contributed by atoms with van der Waals surface area (Å²) in [5, 5.41) is 16.9. The fourth-order valence-electron chi connectivity index (χ4n) is 4.03. The first-order valence-corrected chi connectivity index (χ1v) is 12.9. The van der Waals surface area contributed by atoms with E-state index >= 15 is 0 Å². The molecule has 184 valence electrons. The molecule has 0 spiro atoms. The van der Waals surface area contributed by atoms with Crippen molar-refractivity contribution in [2.24, 2.45) is 0 Å². The summed E-state index contributed by atoms with van der Waals surface area (Å²) >= 11 is 0. The lowest BCUT2D eigenvalue weighted by Gasteiger charge is -2.24. The molecule has 0 radical (unpaired) electrons. The van der Waals surface area contributed by atoms with Crippen molar-refractivity contribution in [1.82, 2.24) is 4.31 Å². The molecule has 2 aromatic carbocycles. The summed E-state index contributed by atoms with van der Waals surface area (Å²) in [5.41, 5.74) is 1.51. The van der Waals surface area contributed by atoms with Crippen molar-refractivity contribution < 1.29 is 18.1 Å². The predicted molar refractivity (Wildman–Crippen MR) is 133 cm³/mol. The van der Waals surface area contributed by atoms with Gasteiger partial charge in [-0.2, -0.15) is 4.31 Å². The number of nitrogens with one attached hydrogen (secondary N) is 2. The molecule has 2 N–H and O–H groups in total. The number of carbonyl (C=O) groups is 1. The molecule has 2 aromatic rings. The molecule has 0 bridgehead atoms. The first kappa shape index (κ1) is 25.4. The van der Waals surface area contributed by atoms with Gasteiger partial charge in [-0.1, -0.05) is 26.0 Å². The molecular formula is C23H31N5O5S. The van der Waals surface area contributed by atoms with Gasteiger partial charge in [0.2, 0.25) is 15.9 Å². The van der Waals surface area contributed by atoms with Crippen LogP contribution in [0.2, 0.25) is 0 Å². The second-order valence-electron chi connectivity index (χ2n) is 7.96. The van der Waals surface area contributed by atoms with Gasteiger partial charge in [-0.15, -0.1) is 0 Å². The van der Waals surface area contributed by atoms with Gasteiger partial charge in [-0.25, -0.2) is 8.42 Å². The SMILES string of the molecule is CCN(CC)S(=O)(=O)c1ccc(N2CCCC2)c(NC(=O)CCNc2ccccc2[N+](=O)[O-])c1. The molecule has 34 heavy (non-hydrogen) atoms. The minimum Gasteiger partial charge on any atom is -0.379 e. The van der Waals surface area contributed by atoms with Crippen molar-refractivity contribution in [1.29, 1.82) is 0 Å². The third kappa shape index (κ3) is 5.84. The normalized spacial score (nSPS) is 13.8. The number of rotatable bonds is 11. The van der Waals surface area contributed by atoms with Crippen LogP contribution in [0.1, 0.15) is 33.1 Å². The van der Waals surface area contributed by atoms with Crippen LogP contribution in [0.25, 0.3) is 0 Å². The lowest BCUT2D eigenvalue weighted by molar-refractivity contribution is -0.384. The number of anilines is 3. The van der Waals surface area contributed by atoms with E-state index in [1.807, 2.05) is 0 Å². The number of hydrogen-bond acceptors (Lipinski definition) is 7. The van der Waals surface area contributed by atoms with Crippen molar-refractivity contribution in [3.63, 3.8) is 0 Å². The van der Waals surface area contributed by atoms with Gasteiger partial charge in [0, 0.05) is 45.2 Å². The van der Waals surface area contributed by atoms with Crippen LogP contribution in [-0.2, 0) is 14.8 Å². The Labute approximate surface area is 200 Å². The highest BCUT2D eigenvalue weighted by molar-refractivity contribution is 7.89. The Morgan fingerprint density at radius 2 is 1.76 bits per heavy atom. The number of benzene rings is 2. The molecule has 3 rings (SSSR count). The van der Waals surface area contributed by atoms with Gasteiger partial charge in [0.1, 0.15) is 5.69 Å². The van der Waals surface area contributed by atoms with Crippen LogP contribution in [0, 0.1) is 10.1 Å². The van der Waals surface area contributed by atoms with Crippen LogP contribution < -0.4 is 15.5 Å².